The van der Waals surface area contributed by atoms with Crippen molar-refractivity contribution in [3.05, 3.63) is 69.8 Å². The van der Waals surface area contributed by atoms with Crippen molar-refractivity contribution in [3.8, 4) is 5.75 Å². The molecule has 0 bridgehead atoms. The zero-order valence-corrected chi connectivity index (χ0v) is 16.6. The van der Waals surface area contributed by atoms with Crippen molar-refractivity contribution in [2.24, 2.45) is 0 Å². The van der Waals surface area contributed by atoms with Gasteiger partial charge in [-0.15, -0.1) is 0 Å². The minimum absolute atomic E-state index is 0.0305. The first-order valence-electron chi connectivity index (χ1n) is 8.63. The number of benzene rings is 3. The molecular formula is C21H18INO4. The number of epoxide rings is 1. The Morgan fingerprint density at radius 3 is 2.48 bits per heavy atom. The monoisotopic (exact) mass is 475 g/mol. The summed E-state index contributed by atoms with van der Waals surface area (Å²) in [5.74, 6) is 0.674. The van der Waals surface area contributed by atoms with Gasteiger partial charge >= 0.3 is 6.09 Å². The van der Waals surface area contributed by atoms with Crippen LogP contribution in [0.25, 0.3) is 10.8 Å². The van der Waals surface area contributed by atoms with Gasteiger partial charge in [0, 0.05) is 20.4 Å². The van der Waals surface area contributed by atoms with E-state index in [4.69, 9.17) is 9.47 Å². The maximum Gasteiger partial charge on any atom is 0.411 e. The minimum atomic E-state index is -0.993. The largest absolute Gasteiger partial charge is 0.488 e. The Balaban J connectivity index is 1.75. The molecule has 27 heavy (non-hydrogen) atoms. The van der Waals surface area contributed by atoms with Crippen molar-refractivity contribution >= 4 is 45.1 Å². The van der Waals surface area contributed by atoms with Crippen LogP contribution in [0.4, 0.5) is 10.5 Å². The van der Waals surface area contributed by atoms with Crippen molar-refractivity contribution in [1.82, 2.24) is 0 Å². The number of carbonyl (C=O) groups is 1. The molecule has 0 radical (unpaired) electrons. The number of fused-ring (bicyclic) bond motifs is 1. The van der Waals surface area contributed by atoms with Crippen LogP contribution in [0.5, 0.6) is 5.75 Å². The van der Waals surface area contributed by atoms with Crippen LogP contribution in [0.2, 0.25) is 0 Å². The van der Waals surface area contributed by atoms with Crippen LogP contribution in [-0.2, 0) is 11.3 Å². The number of anilines is 1. The van der Waals surface area contributed by atoms with E-state index in [0.717, 1.165) is 19.9 Å². The lowest BCUT2D eigenvalue weighted by molar-refractivity contribution is 0.201. The Bertz CT molecular complexity index is 973. The second-order valence-electron chi connectivity index (χ2n) is 6.38. The Morgan fingerprint density at radius 1 is 1.15 bits per heavy atom. The number of rotatable bonds is 6. The summed E-state index contributed by atoms with van der Waals surface area (Å²) in [4.78, 5) is 13.2. The summed E-state index contributed by atoms with van der Waals surface area (Å²) in [5, 5.41) is 11.7. The smallest absolute Gasteiger partial charge is 0.411 e. The molecule has 1 heterocycles. The van der Waals surface area contributed by atoms with Gasteiger partial charge in [-0.1, -0.05) is 54.6 Å². The van der Waals surface area contributed by atoms with E-state index in [1.54, 1.807) is 0 Å². The summed E-state index contributed by atoms with van der Waals surface area (Å²) in [6.07, 6.45) is -1.02. The number of carboxylic acid groups (broad SMARTS) is 1. The summed E-state index contributed by atoms with van der Waals surface area (Å²) in [6, 6.07) is 19.6. The number of hydrogen-bond acceptors (Lipinski definition) is 3. The third-order valence-corrected chi connectivity index (χ3v) is 5.60. The van der Waals surface area contributed by atoms with E-state index in [-0.39, 0.29) is 6.10 Å². The Kier molecular flexibility index (Phi) is 5.18. The van der Waals surface area contributed by atoms with Gasteiger partial charge in [0.25, 0.3) is 0 Å². The summed E-state index contributed by atoms with van der Waals surface area (Å²) in [6.45, 7) is 1.34. The summed E-state index contributed by atoms with van der Waals surface area (Å²) in [5.41, 5.74) is 1.68. The maximum atomic E-state index is 11.9. The first-order valence-corrected chi connectivity index (χ1v) is 9.71. The average molecular weight is 475 g/mol. The average Bonchev–Trinajstić information content (AvgIpc) is 3.51. The number of hydrogen-bond donors (Lipinski definition) is 1. The Hall–Kier alpha value is -2.32. The van der Waals surface area contributed by atoms with E-state index >= 15 is 0 Å². The fourth-order valence-electron chi connectivity index (χ4n) is 3.00. The molecule has 1 saturated heterocycles. The zero-order chi connectivity index (χ0) is 18.8. The van der Waals surface area contributed by atoms with E-state index < -0.39 is 6.09 Å². The normalized spacial score (nSPS) is 15.5. The SMILES string of the molecule is O=C(O)N(CC1CO1)c1cc(OCc2ccccc2)c2ccccc2c1I. The lowest BCUT2D eigenvalue weighted by Gasteiger charge is -2.22. The van der Waals surface area contributed by atoms with Crippen molar-refractivity contribution in [2.75, 3.05) is 18.1 Å². The van der Waals surface area contributed by atoms with Crippen molar-refractivity contribution in [3.63, 3.8) is 0 Å². The Morgan fingerprint density at radius 2 is 1.81 bits per heavy atom. The predicted molar refractivity (Wildman–Crippen MR) is 113 cm³/mol. The molecule has 138 valence electrons. The highest BCUT2D eigenvalue weighted by Crippen LogP contribution is 2.38. The van der Waals surface area contributed by atoms with E-state index in [0.29, 0.717) is 31.2 Å². The van der Waals surface area contributed by atoms with Gasteiger partial charge in [0.05, 0.1) is 24.9 Å². The fourth-order valence-corrected chi connectivity index (χ4v) is 3.92. The van der Waals surface area contributed by atoms with Gasteiger partial charge in [0.2, 0.25) is 0 Å². The molecule has 0 spiro atoms. The van der Waals surface area contributed by atoms with Crippen molar-refractivity contribution < 1.29 is 19.4 Å². The molecule has 0 aromatic heterocycles. The molecule has 3 aromatic rings. The number of ether oxygens (including phenoxy) is 2. The van der Waals surface area contributed by atoms with Crippen molar-refractivity contribution in [2.45, 2.75) is 12.7 Å². The predicted octanol–water partition coefficient (Wildman–Crippen LogP) is 4.91. The minimum Gasteiger partial charge on any atom is -0.488 e. The van der Waals surface area contributed by atoms with E-state index in [1.165, 1.54) is 4.90 Å². The molecule has 3 aromatic carbocycles. The van der Waals surface area contributed by atoms with Crippen molar-refractivity contribution in [1.29, 1.82) is 0 Å². The van der Waals surface area contributed by atoms with Gasteiger partial charge in [-0.05, 0) is 28.2 Å². The van der Waals surface area contributed by atoms with Gasteiger partial charge in [0.1, 0.15) is 12.4 Å². The first-order chi connectivity index (χ1) is 13.1. The summed E-state index contributed by atoms with van der Waals surface area (Å²) in [7, 11) is 0. The number of amides is 1. The van der Waals surface area contributed by atoms with Crippen LogP contribution in [0.3, 0.4) is 0 Å². The third-order valence-electron chi connectivity index (χ3n) is 4.47. The maximum absolute atomic E-state index is 11.9. The molecule has 1 N–H and O–H groups in total. The van der Waals surface area contributed by atoms with Gasteiger partial charge < -0.3 is 14.6 Å². The molecule has 0 saturated carbocycles. The van der Waals surface area contributed by atoms with Gasteiger partial charge in [0.15, 0.2) is 0 Å². The fraction of sp³-hybridized carbons (Fsp3) is 0.190. The van der Waals surface area contributed by atoms with Crippen LogP contribution in [0.1, 0.15) is 5.56 Å². The van der Waals surface area contributed by atoms with Gasteiger partial charge in [-0.25, -0.2) is 4.79 Å². The second-order valence-corrected chi connectivity index (χ2v) is 7.45. The lowest BCUT2D eigenvalue weighted by Crippen LogP contribution is -2.33. The highest BCUT2D eigenvalue weighted by Gasteiger charge is 2.30. The molecule has 4 rings (SSSR count). The molecule has 5 nitrogen and oxygen atoms in total. The molecular weight excluding hydrogens is 457 g/mol. The topological polar surface area (TPSA) is 62.3 Å². The van der Waals surface area contributed by atoms with E-state index in [2.05, 4.69) is 22.6 Å². The first kappa shape index (κ1) is 18.1. The van der Waals surface area contributed by atoms with Crippen LogP contribution < -0.4 is 9.64 Å². The number of halogens is 1. The molecule has 1 aliphatic heterocycles. The van der Waals surface area contributed by atoms with Gasteiger partial charge in [-0.2, -0.15) is 0 Å². The molecule has 1 aliphatic rings. The summed E-state index contributed by atoms with van der Waals surface area (Å²) < 4.78 is 12.2. The van der Waals surface area contributed by atoms with Crippen LogP contribution in [0, 0.1) is 3.57 Å². The molecule has 1 unspecified atom stereocenters. The third kappa shape index (κ3) is 4.01. The van der Waals surface area contributed by atoms with E-state index in [1.807, 2.05) is 60.7 Å². The quantitative estimate of drug-likeness (QED) is 0.407. The van der Waals surface area contributed by atoms with E-state index in [9.17, 15) is 9.90 Å². The van der Waals surface area contributed by atoms with Crippen LogP contribution in [-0.4, -0.2) is 30.5 Å². The lowest BCUT2D eigenvalue weighted by atomic mass is 10.1. The zero-order valence-electron chi connectivity index (χ0n) is 14.5. The standard InChI is InChI=1S/C21H18INO4/c22-20-17-9-5-4-8-16(17)19(27-12-14-6-2-1-3-7-14)10-18(20)23(21(24)25)11-15-13-26-15/h1-10,15H,11-13H2,(H,24,25). The molecule has 1 amide bonds. The van der Waals surface area contributed by atoms with Crippen LogP contribution >= 0.6 is 22.6 Å². The highest BCUT2D eigenvalue weighted by molar-refractivity contribution is 14.1. The molecule has 6 heteroatoms. The van der Waals surface area contributed by atoms with Gasteiger partial charge in [-0.3, -0.25) is 4.90 Å². The van der Waals surface area contributed by atoms with Crippen LogP contribution in [0.15, 0.2) is 60.7 Å². The highest BCUT2D eigenvalue weighted by atomic mass is 127. The molecule has 0 aliphatic carbocycles. The Labute approximate surface area is 170 Å². The number of nitrogens with zero attached hydrogens (tertiary/aromatic N) is 1. The second kappa shape index (κ2) is 7.74. The molecule has 1 fully saturated rings. The summed E-state index contributed by atoms with van der Waals surface area (Å²) >= 11 is 2.21. The molecule has 1 atom stereocenters.